The molecule has 1 aromatic carbocycles. The van der Waals surface area contributed by atoms with Crippen LogP contribution in [0.4, 0.5) is 0 Å². The van der Waals surface area contributed by atoms with Crippen LogP contribution in [0.5, 0.6) is 5.75 Å². The van der Waals surface area contributed by atoms with Crippen LogP contribution in [0.2, 0.25) is 0 Å². The van der Waals surface area contributed by atoms with Gasteiger partial charge in [0.25, 0.3) is 11.7 Å². The van der Waals surface area contributed by atoms with Crippen LogP contribution in [0.25, 0.3) is 11.0 Å². The van der Waals surface area contributed by atoms with Crippen molar-refractivity contribution in [1.82, 2.24) is 14.9 Å². The highest BCUT2D eigenvalue weighted by molar-refractivity contribution is 6.45. The highest BCUT2D eigenvalue weighted by atomic mass is 16.5. The van der Waals surface area contributed by atoms with Crippen LogP contribution in [0.1, 0.15) is 27.6 Å². The van der Waals surface area contributed by atoms with Crippen LogP contribution in [0.15, 0.2) is 48.8 Å². The van der Waals surface area contributed by atoms with Gasteiger partial charge in [0.2, 0.25) is 0 Å². The second-order valence-corrected chi connectivity index (χ2v) is 8.09. The monoisotopic (exact) mass is 421 g/mol. The number of carbonyl (C=O) groups excluding carboxylic acids is 3. The lowest BCUT2D eigenvalue weighted by atomic mass is 10.0. The third-order valence-electron chi connectivity index (χ3n) is 6.00. The number of Topliss-reactive ketones (excluding diaryl/α,β-unsaturated/α-hetero) is 1. The molecular weight excluding hydrogens is 396 g/mol. The molecule has 2 atom stereocenters. The first-order valence-electron chi connectivity index (χ1n) is 10.2. The summed E-state index contributed by atoms with van der Waals surface area (Å²) < 4.78 is 5.53. The average Bonchev–Trinajstić information content (AvgIpc) is 3.22. The minimum absolute atomic E-state index is 0.0123. The molecule has 0 radical (unpaired) electrons. The number of likely N-dealkylation sites (N-methyl/N-ethyl adjacent to an activating group) is 1. The van der Waals surface area contributed by atoms with E-state index in [9.17, 15) is 14.4 Å². The van der Waals surface area contributed by atoms with Crippen molar-refractivity contribution in [3.05, 3.63) is 59.9 Å². The zero-order chi connectivity index (χ0) is 22.2. The molecule has 4 rings (SSSR count). The van der Waals surface area contributed by atoms with Gasteiger partial charge in [0.1, 0.15) is 24.5 Å². The van der Waals surface area contributed by atoms with Gasteiger partial charge in [-0.1, -0.05) is 18.2 Å². The molecule has 2 aromatic heterocycles. The van der Waals surface area contributed by atoms with E-state index >= 15 is 0 Å². The van der Waals surface area contributed by atoms with Crippen LogP contribution in [-0.2, 0) is 4.79 Å². The molecule has 0 aliphatic carbocycles. The number of quaternary nitrogens is 1. The van der Waals surface area contributed by atoms with E-state index in [1.165, 1.54) is 13.3 Å². The van der Waals surface area contributed by atoms with Gasteiger partial charge in [-0.3, -0.25) is 14.1 Å². The smallest absolute Gasteiger partial charge is 0.345 e. The summed E-state index contributed by atoms with van der Waals surface area (Å²) in [5.74, 6) is -0.710. The third kappa shape index (κ3) is 3.59. The summed E-state index contributed by atoms with van der Waals surface area (Å²) in [6.07, 6.45) is 3.07. The predicted molar refractivity (Wildman–Crippen MR) is 115 cm³/mol. The average molecular weight is 421 g/mol. The number of amides is 2. The first-order valence-corrected chi connectivity index (χ1v) is 10.2. The molecule has 0 bridgehead atoms. The maximum absolute atomic E-state index is 13.1. The van der Waals surface area contributed by atoms with Crippen LogP contribution in [-0.4, -0.2) is 76.8 Å². The second kappa shape index (κ2) is 7.96. The van der Waals surface area contributed by atoms with Gasteiger partial charge in [-0.25, -0.2) is 9.78 Å². The molecule has 1 N–H and O–H groups in total. The van der Waals surface area contributed by atoms with Crippen molar-refractivity contribution in [2.45, 2.75) is 13.0 Å². The van der Waals surface area contributed by atoms with E-state index < -0.39 is 11.7 Å². The summed E-state index contributed by atoms with van der Waals surface area (Å²) in [4.78, 5) is 47.9. The van der Waals surface area contributed by atoms with Crippen molar-refractivity contribution in [2.75, 3.05) is 33.8 Å². The molecule has 1 aliphatic rings. The van der Waals surface area contributed by atoms with E-state index in [1.807, 2.05) is 32.2 Å². The topological polar surface area (TPSA) is 92.4 Å². The molecule has 2 amide bonds. The Morgan fingerprint density at radius 3 is 2.61 bits per heavy atom. The minimum Gasteiger partial charge on any atom is -0.496 e. The quantitative estimate of drug-likeness (QED) is 0.396. The fourth-order valence-electron chi connectivity index (χ4n) is 4.32. The number of pyridine rings is 1. The summed E-state index contributed by atoms with van der Waals surface area (Å²) in [5.41, 5.74) is 1.37. The van der Waals surface area contributed by atoms with E-state index in [0.717, 1.165) is 0 Å². The molecule has 3 aromatic rings. The number of nitrogens with zero attached hydrogens (tertiary/aromatic N) is 3. The van der Waals surface area contributed by atoms with Gasteiger partial charge in [0.05, 0.1) is 43.3 Å². The molecule has 1 saturated heterocycles. The number of aromatic amines is 1. The van der Waals surface area contributed by atoms with E-state index in [4.69, 9.17) is 4.74 Å². The SMILES string of the molecule is COc1ccnc2[nH]cc(C(=O)C(=O)N3CC[N+](C)(C(=O)c4ccccc4)C[C@H]3C)c12. The Morgan fingerprint density at radius 1 is 1.19 bits per heavy atom. The molecule has 160 valence electrons. The van der Waals surface area contributed by atoms with E-state index in [2.05, 4.69) is 9.97 Å². The van der Waals surface area contributed by atoms with Crippen molar-refractivity contribution in [3.8, 4) is 5.75 Å². The normalized spacial score (nSPS) is 21.1. The first-order chi connectivity index (χ1) is 14.9. The number of methoxy groups -OCH3 is 1. The van der Waals surface area contributed by atoms with Crippen LogP contribution in [0, 0.1) is 0 Å². The summed E-state index contributed by atoms with van der Waals surface area (Å²) in [6.45, 7) is 3.07. The number of fused-ring (bicyclic) bond motifs is 1. The van der Waals surface area contributed by atoms with Crippen LogP contribution >= 0.6 is 0 Å². The van der Waals surface area contributed by atoms with Gasteiger partial charge < -0.3 is 14.6 Å². The number of carbonyl (C=O) groups is 3. The summed E-state index contributed by atoms with van der Waals surface area (Å²) >= 11 is 0. The van der Waals surface area contributed by atoms with Crippen molar-refractivity contribution < 1.29 is 23.6 Å². The molecular formula is C23H25N4O4+. The van der Waals surface area contributed by atoms with Gasteiger partial charge in [-0.15, -0.1) is 0 Å². The van der Waals surface area contributed by atoms with Crippen LogP contribution < -0.4 is 4.74 Å². The fraction of sp³-hybridized carbons (Fsp3) is 0.304. The molecule has 8 nitrogen and oxygen atoms in total. The first kappa shape index (κ1) is 20.7. The maximum atomic E-state index is 13.1. The third-order valence-corrected chi connectivity index (χ3v) is 6.00. The Kier molecular flexibility index (Phi) is 5.32. The Morgan fingerprint density at radius 2 is 1.94 bits per heavy atom. The van der Waals surface area contributed by atoms with E-state index in [1.54, 1.807) is 29.3 Å². The number of piperazine rings is 1. The van der Waals surface area contributed by atoms with Gasteiger partial charge in [-0.05, 0) is 25.1 Å². The molecule has 3 heterocycles. The Balaban J connectivity index is 1.55. The fourth-order valence-corrected chi connectivity index (χ4v) is 4.32. The molecule has 8 heteroatoms. The van der Waals surface area contributed by atoms with E-state index in [-0.39, 0.29) is 22.0 Å². The Labute approximate surface area is 180 Å². The molecule has 31 heavy (non-hydrogen) atoms. The van der Waals surface area contributed by atoms with Gasteiger partial charge >= 0.3 is 5.91 Å². The number of nitrogens with one attached hydrogen (secondary N) is 1. The maximum Gasteiger partial charge on any atom is 0.345 e. The molecule has 1 fully saturated rings. The highest BCUT2D eigenvalue weighted by Gasteiger charge is 2.43. The molecule has 1 unspecified atom stereocenters. The largest absolute Gasteiger partial charge is 0.496 e. The van der Waals surface area contributed by atoms with Crippen molar-refractivity contribution in [1.29, 1.82) is 0 Å². The van der Waals surface area contributed by atoms with Crippen molar-refractivity contribution in [2.24, 2.45) is 0 Å². The van der Waals surface area contributed by atoms with Gasteiger partial charge in [0.15, 0.2) is 0 Å². The standard InChI is InChI=1S/C23H24N4O4/c1-15-14-27(2,23(30)16-7-5-4-6-8-16)12-11-26(15)22(29)20(28)17-13-25-21-19(17)18(31-3)9-10-24-21/h4-10,13,15H,11-12,14H2,1-3H3/p+1/t15-,27?/m1/s1. The van der Waals surface area contributed by atoms with E-state index in [0.29, 0.717) is 42.0 Å². The lowest BCUT2D eigenvalue weighted by molar-refractivity contribution is -0.836. The zero-order valence-corrected chi connectivity index (χ0v) is 17.8. The lowest BCUT2D eigenvalue weighted by Crippen LogP contribution is -2.65. The molecule has 1 aliphatic heterocycles. The summed E-state index contributed by atoms with van der Waals surface area (Å²) in [5, 5.41) is 0.493. The Bertz CT molecular complexity index is 1160. The van der Waals surface area contributed by atoms with Gasteiger partial charge in [0, 0.05) is 12.4 Å². The Hall–Kier alpha value is -3.52. The highest BCUT2D eigenvalue weighted by Crippen LogP contribution is 2.28. The second-order valence-electron chi connectivity index (χ2n) is 8.09. The van der Waals surface area contributed by atoms with Crippen molar-refractivity contribution >= 4 is 28.6 Å². The number of hydrogen-bond donors (Lipinski definition) is 1. The number of aromatic nitrogens is 2. The number of ether oxygens (including phenoxy) is 1. The number of rotatable bonds is 4. The number of benzene rings is 1. The molecule has 0 spiro atoms. The minimum atomic E-state index is -0.616. The lowest BCUT2D eigenvalue weighted by Gasteiger charge is -2.43. The van der Waals surface area contributed by atoms with Crippen LogP contribution in [0.3, 0.4) is 0 Å². The summed E-state index contributed by atoms with van der Waals surface area (Å²) in [6, 6.07) is 10.5. The van der Waals surface area contributed by atoms with Crippen molar-refractivity contribution in [3.63, 3.8) is 0 Å². The van der Waals surface area contributed by atoms with Gasteiger partial charge in [-0.2, -0.15) is 0 Å². The number of hydrogen-bond acceptors (Lipinski definition) is 5. The number of H-pyrrole nitrogens is 1. The molecule has 0 saturated carbocycles. The number of ketones is 1. The summed E-state index contributed by atoms with van der Waals surface area (Å²) in [7, 11) is 3.39. The predicted octanol–water partition coefficient (Wildman–Crippen LogP) is 2.27. The zero-order valence-electron chi connectivity index (χ0n) is 17.8.